The van der Waals surface area contributed by atoms with E-state index in [9.17, 15) is 75.4 Å². The van der Waals surface area contributed by atoms with E-state index in [0.717, 1.165) is 5.32 Å². The van der Waals surface area contributed by atoms with Gasteiger partial charge in [-0.1, -0.05) is 0 Å². The zero-order valence-electron chi connectivity index (χ0n) is 19.6. The molecule has 0 atom stereocenters. The van der Waals surface area contributed by atoms with E-state index < -0.39 is 97.2 Å². The molecule has 0 unspecified atom stereocenters. The van der Waals surface area contributed by atoms with E-state index >= 15 is 0 Å². The zero-order valence-corrected chi connectivity index (χ0v) is 19.6. The third kappa shape index (κ3) is 6.80. The molecule has 0 bridgehead atoms. The van der Waals surface area contributed by atoms with Gasteiger partial charge in [-0.05, 0) is 0 Å². The number of hydrogen-bond acceptors (Lipinski definition) is 4. The van der Waals surface area contributed by atoms with Crippen molar-refractivity contribution in [2.45, 2.75) is 54.6 Å². The molecule has 22 heteroatoms. The van der Waals surface area contributed by atoms with E-state index in [4.69, 9.17) is 15.3 Å². The smallest absolute Gasteiger partial charge is 0.460 e. The Morgan fingerprint density at radius 3 is 1.38 bits per heavy atom. The molecule has 0 aliphatic rings. The van der Waals surface area contributed by atoms with E-state index in [2.05, 4.69) is 0 Å². The third-order valence-electron chi connectivity index (χ3n) is 5.66. The predicted molar refractivity (Wildman–Crippen MR) is 99.5 cm³/mol. The summed E-state index contributed by atoms with van der Waals surface area (Å²) < 4.78 is 198. The van der Waals surface area contributed by atoms with E-state index in [-0.39, 0.29) is 19.6 Å². The lowest BCUT2D eigenvalue weighted by atomic mass is 9.91. The molecule has 0 aromatic carbocycles. The van der Waals surface area contributed by atoms with Crippen molar-refractivity contribution < 1.29 is 95.2 Å². The average Bonchev–Trinajstić information content (AvgIpc) is 2.79. The quantitative estimate of drug-likeness (QED) is 0.112. The van der Waals surface area contributed by atoms with Crippen molar-refractivity contribution in [1.82, 2.24) is 5.32 Å². The first-order valence-corrected chi connectivity index (χ1v) is 10.6. The Balaban J connectivity index is 5.94. The summed E-state index contributed by atoms with van der Waals surface area (Å²) in [5.74, 6) is -53.4. The number of nitrogens with one attached hydrogen (secondary N) is 1. The Labute approximate surface area is 214 Å². The minimum absolute atomic E-state index is 0.284. The highest BCUT2D eigenvalue weighted by molar-refractivity contribution is 5.84. The highest BCUT2D eigenvalue weighted by Crippen LogP contribution is 2.62. The predicted octanol–water partition coefficient (Wildman–Crippen LogP) is 3.14. The van der Waals surface area contributed by atoms with Gasteiger partial charge in [-0.3, -0.25) is 9.59 Å². The van der Waals surface area contributed by atoms with Crippen LogP contribution in [-0.4, -0.2) is 119 Å². The number of nitrogens with zero attached hydrogens (tertiary/aromatic N) is 1. The summed E-state index contributed by atoms with van der Waals surface area (Å²) in [4.78, 5) is 22.3. The molecule has 7 nitrogen and oxygen atoms in total. The first-order chi connectivity index (χ1) is 17.7. The van der Waals surface area contributed by atoms with Gasteiger partial charge in [0.2, 0.25) is 0 Å². The molecule has 0 rings (SSSR count). The highest BCUT2D eigenvalue weighted by Gasteiger charge is 2.94. The SMILES string of the molecule is O=C(O)CC[N+](CCO)(CCO)CCCNC(=O)C(F)(F)C(F)(F)C(F)(F)C(F)(F)C(F)(F)C(F)(F)C(F)(F)F. The molecule has 0 saturated carbocycles. The van der Waals surface area contributed by atoms with Crippen LogP contribution in [0, 0.1) is 0 Å². The maximum Gasteiger partial charge on any atom is 0.460 e. The van der Waals surface area contributed by atoms with Gasteiger partial charge in [-0.25, -0.2) is 0 Å². The molecule has 4 N–H and O–H groups in total. The van der Waals surface area contributed by atoms with Crippen LogP contribution in [0.25, 0.3) is 0 Å². The Kier molecular flexibility index (Phi) is 11.6. The van der Waals surface area contributed by atoms with E-state index in [1.807, 2.05) is 0 Å². The standard InChI is InChI=1S/C18H21F15N2O5/c19-12(20,11(40)34-3-1-4-35(6-8-36,7-9-37)5-2-10(38)39)13(21,22)14(23,24)15(25,26)16(27,28)17(29,30)18(31,32)33/h36-37H,1-9H2,(H-,34,38,39,40)/p+1. The number of hydrogen-bond donors (Lipinski definition) is 4. The number of alkyl halides is 15. The van der Waals surface area contributed by atoms with Gasteiger partial charge in [0.1, 0.15) is 13.1 Å². The molecule has 0 saturated heterocycles. The average molecular weight is 631 g/mol. The normalized spacial score (nSPS) is 14.8. The summed E-state index contributed by atoms with van der Waals surface area (Å²) in [5.41, 5.74) is 0. The van der Waals surface area contributed by atoms with Crippen LogP contribution in [0.5, 0.6) is 0 Å². The summed E-state index contributed by atoms with van der Waals surface area (Å²) in [5, 5.41) is 27.9. The molecular weight excluding hydrogens is 609 g/mol. The van der Waals surface area contributed by atoms with Crippen molar-refractivity contribution in [2.75, 3.05) is 45.9 Å². The first kappa shape index (κ1) is 37.8. The molecular formula is C18H22F15N2O5+. The number of amides is 1. The lowest BCUT2D eigenvalue weighted by molar-refractivity contribution is -0.928. The number of aliphatic hydroxyl groups is 2. The van der Waals surface area contributed by atoms with Gasteiger partial charge in [-0.15, -0.1) is 0 Å². The van der Waals surface area contributed by atoms with E-state index in [1.165, 1.54) is 0 Å². The summed E-state index contributed by atoms with van der Waals surface area (Å²) in [6.45, 7) is -3.80. The molecule has 0 aromatic heterocycles. The maximum absolute atomic E-state index is 13.9. The second-order valence-electron chi connectivity index (χ2n) is 8.38. The lowest BCUT2D eigenvalue weighted by Crippen LogP contribution is -2.74. The number of carboxylic acids is 1. The van der Waals surface area contributed by atoms with E-state index in [0.29, 0.717) is 0 Å². The number of aliphatic hydroxyl groups excluding tert-OH is 2. The van der Waals surface area contributed by atoms with Crippen LogP contribution in [0.15, 0.2) is 0 Å². The fourth-order valence-corrected chi connectivity index (χ4v) is 3.26. The van der Waals surface area contributed by atoms with Crippen molar-refractivity contribution in [2.24, 2.45) is 0 Å². The lowest BCUT2D eigenvalue weighted by Gasteiger charge is -2.41. The van der Waals surface area contributed by atoms with Crippen molar-refractivity contribution in [1.29, 1.82) is 0 Å². The number of carboxylic acid groups (broad SMARTS) is 1. The van der Waals surface area contributed by atoms with Gasteiger partial charge in [0.15, 0.2) is 0 Å². The van der Waals surface area contributed by atoms with Crippen LogP contribution in [0.2, 0.25) is 0 Å². The molecule has 0 aromatic rings. The van der Waals surface area contributed by atoms with Crippen LogP contribution in [0.1, 0.15) is 12.8 Å². The molecule has 1 amide bonds. The van der Waals surface area contributed by atoms with Gasteiger partial charge in [-0.2, -0.15) is 65.9 Å². The maximum atomic E-state index is 13.9. The molecule has 0 radical (unpaired) electrons. The second-order valence-corrected chi connectivity index (χ2v) is 8.38. The zero-order chi connectivity index (χ0) is 32.2. The number of carbonyl (C=O) groups excluding carboxylic acids is 1. The van der Waals surface area contributed by atoms with Gasteiger partial charge in [0, 0.05) is 13.0 Å². The second kappa shape index (κ2) is 12.3. The number of halogens is 15. The molecule has 0 spiro atoms. The van der Waals surface area contributed by atoms with Crippen LogP contribution < -0.4 is 5.32 Å². The Hall–Kier alpha value is -2.23. The minimum Gasteiger partial charge on any atom is -0.481 e. The Morgan fingerprint density at radius 1 is 0.600 bits per heavy atom. The molecule has 0 aliphatic carbocycles. The van der Waals surface area contributed by atoms with Crippen LogP contribution in [-0.2, 0) is 9.59 Å². The molecule has 238 valence electrons. The molecule has 0 aliphatic heterocycles. The van der Waals surface area contributed by atoms with E-state index in [1.54, 1.807) is 0 Å². The molecule has 0 heterocycles. The minimum atomic E-state index is -8.51. The van der Waals surface area contributed by atoms with Gasteiger partial charge in [0.05, 0.1) is 32.7 Å². The fourth-order valence-electron chi connectivity index (χ4n) is 3.26. The molecule has 0 fully saturated rings. The van der Waals surface area contributed by atoms with Crippen molar-refractivity contribution in [3.63, 3.8) is 0 Å². The van der Waals surface area contributed by atoms with Crippen molar-refractivity contribution in [3.05, 3.63) is 0 Å². The van der Waals surface area contributed by atoms with Gasteiger partial charge < -0.3 is 25.1 Å². The largest absolute Gasteiger partial charge is 0.481 e. The number of rotatable bonds is 17. The Bertz CT molecular complexity index is 874. The van der Waals surface area contributed by atoms with Crippen LogP contribution >= 0.6 is 0 Å². The van der Waals surface area contributed by atoms with Crippen molar-refractivity contribution in [3.8, 4) is 0 Å². The van der Waals surface area contributed by atoms with Gasteiger partial charge >= 0.3 is 47.7 Å². The summed E-state index contributed by atoms with van der Waals surface area (Å²) in [6, 6.07) is 0. The number of quaternary nitrogens is 1. The van der Waals surface area contributed by atoms with Crippen molar-refractivity contribution >= 4 is 11.9 Å². The highest BCUT2D eigenvalue weighted by atomic mass is 19.4. The fraction of sp³-hybridized carbons (Fsp3) is 0.889. The summed E-state index contributed by atoms with van der Waals surface area (Å²) >= 11 is 0. The molecule has 40 heavy (non-hydrogen) atoms. The Morgan fingerprint density at radius 2 is 1.00 bits per heavy atom. The van der Waals surface area contributed by atoms with Crippen LogP contribution in [0.4, 0.5) is 65.9 Å². The topological polar surface area (TPSA) is 107 Å². The monoisotopic (exact) mass is 631 g/mol. The third-order valence-corrected chi connectivity index (χ3v) is 5.66. The summed E-state index contributed by atoms with van der Waals surface area (Å²) in [7, 11) is 0. The number of carbonyl (C=O) groups is 2. The van der Waals surface area contributed by atoms with Crippen LogP contribution in [0.3, 0.4) is 0 Å². The first-order valence-electron chi connectivity index (χ1n) is 10.6. The summed E-state index contributed by atoms with van der Waals surface area (Å²) in [6.07, 6.45) is -8.96. The number of aliphatic carboxylic acids is 1. The van der Waals surface area contributed by atoms with Gasteiger partial charge in [0.25, 0.3) is 5.91 Å².